The molecule has 1 amide bonds. The van der Waals surface area contributed by atoms with Crippen molar-refractivity contribution in [2.24, 2.45) is 4.99 Å². The average molecular weight is 375 g/mol. The molecule has 2 N–H and O–H groups in total. The summed E-state index contributed by atoms with van der Waals surface area (Å²) in [5, 5.41) is 4.58. The molecule has 136 valence electrons. The molecule has 0 unspecified atom stereocenters. The van der Waals surface area contributed by atoms with E-state index in [1.807, 2.05) is 48.7 Å². The van der Waals surface area contributed by atoms with Crippen LogP contribution in [0.1, 0.15) is 30.9 Å². The van der Waals surface area contributed by atoms with Crippen LogP contribution in [0.15, 0.2) is 64.6 Å². The number of nitrogens with one attached hydrogen (secondary N) is 2. The lowest BCUT2D eigenvalue weighted by molar-refractivity contribution is -0.115. The number of amides is 1. The Morgan fingerprint density at radius 3 is 2.74 bits per heavy atom. The van der Waals surface area contributed by atoms with E-state index in [1.165, 1.54) is 30.2 Å². The predicted molar refractivity (Wildman–Crippen MR) is 114 cm³/mol. The first kappa shape index (κ1) is 17.6. The summed E-state index contributed by atoms with van der Waals surface area (Å²) in [7, 11) is 0. The smallest absolute Gasteiger partial charge is 0.264 e. The van der Waals surface area contributed by atoms with E-state index in [-0.39, 0.29) is 5.91 Å². The highest BCUT2D eigenvalue weighted by Crippen LogP contribution is 2.30. The number of thioether (sulfide) groups is 1. The Balaban J connectivity index is 1.52. The van der Waals surface area contributed by atoms with Gasteiger partial charge in [0.1, 0.15) is 0 Å². The molecule has 0 aliphatic carbocycles. The van der Waals surface area contributed by atoms with Crippen LogP contribution in [-0.4, -0.2) is 16.1 Å². The maximum absolute atomic E-state index is 12.3. The van der Waals surface area contributed by atoms with Gasteiger partial charge in [0.25, 0.3) is 5.91 Å². The van der Waals surface area contributed by atoms with Crippen LogP contribution in [0, 0.1) is 0 Å². The van der Waals surface area contributed by atoms with Crippen LogP contribution in [0.3, 0.4) is 0 Å². The topological polar surface area (TPSA) is 57.2 Å². The van der Waals surface area contributed by atoms with E-state index in [2.05, 4.69) is 34.3 Å². The van der Waals surface area contributed by atoms with Crippen molar-refractivity contribution < 1.29 is 4.79 Å². The van der Waals surface area contributed by atoms with Crippen molar-refractivity contribution in [1.29, 1.82) is 0 Å². The Morgan fingerprint density at radius 1 is 1.11 bits per heavy atom. The number of amidine groups is 1. The normalized spacial score (nSPS) is 17.1. The number of carbonyl (C=O) groups excluding carboxylic acids is 1. The van der Waals surface area contributed by atoms with E-state index in [9.17, 15) is 4.79 Å². The zero-order valence-corrected chi connectivity index (χ0v) is 16.0. The zero-order valence-electron chi connectivity index (χ0n) is 15.2. The number of aromatic amines is 1. The van der Waals surface area contributed by atoms with Crippen molar-refractivity contribution in [3.8, 4) is 0 Å². The minimum absolute atomic E-state index is 0.108. The van der Waals surface area contributed by atoms with Gasteiger partial charge in [-0.2, -0.15) is 0 Å². The number of carbonyl (C=O) groups is 1. The molecule has 0 saturated carbocycles. The fourth-order valence-corrected chi connectivity index (χ4v) is 3.90. The monoisotopic (exact) mass is 375 g/mol. The van der Waals surface area contributed by atoms with Crippen molar-refractivity contribution >= 4 is 45.5 Å². The predicted octanol–water partition coefficient (Wildman–Crippen LogP) is 5.40. The standard InChI is InChI=1S/C22H21N3OS/c1-2-3-6-15-9-11-17(12-10-15)24-22-25-21(26)20(27-22)13-16-14-23-19-8-5-4-7-18(16)19/h4-5,7-14,23H,2-3,6H2,1H3,(H,24,25,26)/b20-13+. The number of aliphatic imine (C=N–C) groups is 1. The van der Waals surface area contributed by atoms with E-state index in [4.69, 9.17) is 0 Å². The number of unbranched alkanes of at least 4 members (excludes halogenated alkanes) is 1. The van der Waals surface area contributed by atoms with E-state index in [0.29, 0.717) is 10.1 Å². The SMILES string of the molecule is CCCCc1ccc(/N=C2/NC(=O)/C(=C\c3c[nH]c4ccccc34)S2)cc1. The van der Waals surface area contributed by atoms with E-state index >= 15 is 0 Å². The summed E-state index contributed by atoms with van der Waals surface area (Å²) in [5.41, 5.74) is 4.24. The average Bonchev–Trinajstić information content (AvgIpc) is 3.25. The molecule has 2 aromatic carbocycles. The molecule has 3 aromatic rings. The van der Waals surface area contributed by atoms with Crippen LogP contribution in [0.2, 0.25) is 0 Å². The lowest BCUT2D eigenvalue weighted by Crippen LogP contribution is -2.19. The molecule has 1 saturated heterocycles. The maximum Gasteiger partial charge on any atom is 0.264 e. The van der Waals surface area contributed by atoms with Crippen LogP contribution < -0.4 is 5.32 Å². The summed E-state index contributed by atoms with van der Waals surface area (Å²) < 4.78 is 0. The second-order valence-electron chi connectivity index (χ2n) is 6.54. The van der Waals surface area contributed by atoms with Crippen LogP contribution in [-0.2, 0) is 11.2 Å². The van der Waals surface area contributed by atoms with Gasteiger partial charge in [0.2, 0.25) is 0 Å². The quantitative estimate of drug-likeness (QED) is 0.587. The van der Waals surface area contributed by atoms with Gasteiger partial charge in [0, 0.05) is 22.7 Å². The van der Waals surface area contributed by atoms with Crippen LogP contribution in [0.4, 0.5) is 5.69 Å². The number of fused-ring (bicyclic) bond motifs is 1. The Kier molecular flexibility index (Phi) is 5.12. The molecule has 1 aliphatic rings. The van der Waals surface area contributed by atoms with Gasteiger partial charge in [0.15, 0.2) is 5.17 Å². The lowest BCUT2D eigenvalue weighted by Gasteiger charge is -2.01. The fourth-order valence-electron chi connectivity index (χ4n) is 3.07. The molecule has 4 rings (SSSR count). The second-order valence-corrected chi connectivity index (χ2v) is 7.57. The molecule has 5 heteroatoms. The van der Waals surface area contributed by atoms with Crippen molar-refractivity contribution in [2.75, 3.05) is 0 Å². The van der Waals surface area contributed by atoms with Gasteiger partial charge in [-0.1, -0.05) is 43.7 Å². The fraction of sp³-hybridized carbons (Fsp3) is 0.182. The van der Waals surface area contributed by atoms with E-state index in [0.717, 1.165) is 28.6 Å². The molecule has 0 bridgehead atoms. The number of aryl methyl sites for hydroxylation is 1. The van der Waals surface area contributed by atoms with E-state index < -0.39 is 0 Å². The van der Waals surface area contributed by atoms with Crippen LogP contribution in [0.5, 0.6) is 0 Å². The number of aromatic nitrogens is 1. The van der Waals surface area contributed by atoms with E-state index in [1.54, 1.807) is 0 Å². The zero-order chi connectivity index (χ0) is 18.6. The summed E-state index contributed by atoms with van der Waals surface area (Å²) in [6, 6.07) is 16.3. The summed E-state index contributed by atoms with van der Waals surface area (Å²) in [6.45, 7) is 2.20. The van der Waals surface area contributed by atoms with Gasteiger partial charge in [-0.25, -0.2) is 4.99 Å². The molecule has 0 spiro atoms. The number of rotatable bonds is 5. The highest BCUT2D eigenvalue weighted by molar-refractivity contribution is 8.18. The number of nitrogens with zero attached hydrogens (tertiary/aromatic N) is 1. The number of H-pyrrole nitrogens is 1. The van der Waals surface area contributed by atoms with Crippen molar-refractivity contribution in [2.45, 2.75) is 26.2 Å². The summed E-state index contributed by atoms with van der Waals surface area (Å²) in [4.78, 5) is 20.8. The highest BCUT2D eigenvalue weighted by atomic mass is 32.2. The molecule has 0 radical (unpaired) electrons. The maximum atomic E-state index is 12.3. The molecular formula is C22H21N3OS. The molecule has 1 aromatic heterocycles. The largest absolute Gasteiger partial charge is 0.361 e. The molecule has 2 heterocycles. The Hall–Kier alpha value is -2.79. The third kappa shape index (κ3) is 3.98. The van der Waals surface area contributed by atoms with Gasteiger partial charge in [0.05, 0.1) is 10.6 Å². The number of hydrogen-bond acceptors (Lipinski definition) is 3. The van der Waals surface area contributed by atoms with Gasteiger partial charge in [-0.3, -0.25) is 4.79 Å². The summed E-state index contributed by atoms with van der Waals surface area (Å²) in [5.74, 6) is -0.108. The van der Waals surface area contributed by atoms with Gasteiger partial charge in [-0.05, 0) is 54.4 Å². The van der Waals surface area contributed by atoms with Crippen LogP contribution in [0.25, 0.3) is 17.0 Å². The van der Waals surface area contributed by atoms with Crippen molar-refractivity contribution in [3.05, 3.63) is 70.8 Å². The van der Waals surface area contributed by atoms with Crippen LogP contribution >= 0.6 is 11.8 Å². The third-order valence-corrected chi connectivity index (χ3v) is 5.45. The summed E-state index contributed by atoms with van der Waals surface area (Å²) >= 11 is 1.38. The van der Waals surface area contributed by atoms with Gasteiger partial charge in [-0.15, -0.1) is 0 Å². The Bertz CT molecular complexity index is 1030. The molecule has 1 aliphatic heterocycles. The number of benzene rings is 2. The number of para-hydroxylation sites is 1. The highest BCUT2D eigenvalue weighted by Gasteiger charge is 2.24. The molecule has 27 heavy (non-hydrogen) atoms. The first-order valence-electron chi connectivity index (χ1n) is 9.17. The molecule has 0 atom stereocenters. The molecular weight excluding hydrogens is 354 g/mol. The second kappa shape index (κ2) is 7.84. The Morgan fingerprint density at radius 2 is 1.93 bits per heavy atom. The minimum atomic E-state index is -0.108. The molecule has 1 fully saturated rings. The first-order chi connectivity index (χ1) is 13.2. The van der Waals surface area contributed by atoms with Crippen molar-refractivity contribution in [3.63, 3.8) is 0 Å². The first-order valence-corrected chi connectivity index (χ1v) is 9.99. The lowest BCUT2D eigenvalue weighted by atomic mass is 10.1. The summed E-state index contributed by atoms with van der Waals surface area (Å²) in [6.07, 6.45) is 7.32. The molecule has 4 nitrogen and oxygen atoms in total. The van der Waals surface area contributed by atoms with Gasteiger partial charge >= 0.3 is 0 Å². The van der Waals surface area contributed by atoms with Gasteiger partial charge < -0.3 is 10.3 Å². The van der Waals surface area contributed by atoms with Crippen molar-refractivity contribution in [1.82, 2.24) is 10.3 Å². The Labute approximate surface area is 162 Å². The number of hydrogen-bond donors (Lipinski definition) is 2. The third-order valence-electron chi connectivity index (χ3n) is 4.54. The minimum Gasteiger partial charge on any atom is -0.361 e.